The molecule has 2 rings (SSSR count). The second-order valence-electron chi connectivity index (χ2n) is 5.02. The summed E-state index contributed by atoms with van der Waals surface area (Å²) in [4.78, 5) is 11.8. The Morgan fingerprint density at radius 3 is 2.57 bits per heavy atom. The zero-order valence-corrected chi connectivity index (χ0v) is 8.96. The lowest BCUT2D eigenvalue weighted by Gasteiger charge is -2.48. The Kier molecular flexibility index (Phi) is 2.65. The molecule has 2 aliphatic rings. The Bertz CT molecular complexity index is 232. The van der Waals surface area contributed by atoms with E-state index in [-0.39, 0.29) is 17.4 Å². The number of fused-ring (bicyclic) bond motifs is 1. The molecule has 2 saturated carbocycles. The highest BCUT2D eigenvalue weighted by molar-refractivity contribution is 5.83. The molecule has 0 heterocycles. The molecule has 0 unspecified atom stereocenters. The molecule has 3 atom stereocenters. The third-order valence-corrected chi connectivity index (χ3v) is 4.39. The Labute approximate surface area is 85.7 Å². The van der Waals surface area contributed by atoms with Crippen molar-refractivity contribution in [2.24, 2.45) is 11.3 Å². The Hall–Kier alpha value is -0.370. The molecule has 14 heavy (non-hydrogen) atoms. The highest BCUT2D eigenvalue weighted by Gasteiger charge is 2.49. The van der Waals surface area contributed by atoms with E-state index in [0.29, 0.717) is 5.78 Å². The number of rotatable bonds is 1. The fraction of sp³-hybridized carbons (Fsp3) is 0.917. The minimum Gasteiger partial charge on any atom is -0.393 e. The van der Waals surface area contributed by atoms with Crippen molar-refractivity contribution in [1.29, 1.82) is 0 Å². The van der Waals surface area contributed by atoms with Gasteiger partial charge in [-0.05, 0) is 44.9 Å². The molecular weight excluding hydrogens is 176 g/mol. The fourth-order valence-corrected chi connectivity index (χ4v) is 3.58. The van der Waals surface area contributed by atoms with Crippen molar-refractivity contribution in [2.75, 3.05) is 0 Å². The number of carbonyl (C=O) groups is 1. The third kappa shape index (κ3) is 1.40. The normalized spacial score (nSPS) is 43.0. The standard InChI is InChI=1S/C12H20O2/c1-9(13)12-7-3-2-5-10(12)11(14)6-4-8-12/h10-11,14H,2-8H2,1H3/t10-,11-,12-/m0/s1. The van der Waals surface area contributed by atoms with Crippen LogP contribution in [0, 0.1) is 11.3 Å². The second-order valence-corrected chi connectivity index (χ2v) is 5.02. The predicted octanol–water partition coefficient (Wildman–Crippen LogP) is 2.30. The lowest BCUT2D eigenvalue weighted by Crippen LogP contribution is -2.48. The van der Waals surface area contributed by atoms with Crippen LogP contribution < -0.4 is 0 Å². The topological polar surface area (TPSA) is 37.3 Å². The first-order valence-electron chi connectivity index (χ1n) is 5.86. The zero-order valence-electron chi connectivity index (χ0n) is 8.96. The van der Waals surface area contributed by atoms with Crippen LogP contribution in [0.25, 0.3) is 0 Å². The first kappa shape index (κ1) is 10.2. The van der Waals surface area contributed by atoms with Crippen molar-refractivity contribution in [3.05, 3.63) is 0 Å². The smallest absolute Gasteiger partial charge is 0.136 e. The van der Waals surface area contributed by atoms with Crippen LogP contribution in [-0.2, 0) is 4.79 Å². The van der Waals surface area contributed by atoms with E-state index >= 15 is 0 Å². The first-order chi connectivity index (χ1) is 6.67. The Morgan fingerprint density at radius 2 is 1.93 bits per heavy atom. The van der Waals surface area contributed by atoms with Crippen molar-refractivity contribution in [3.8, 4) is 0 Å². The lowest BCUT2D eigenvalue weighted by molar-refractivity contribution is -0.141. The molecular formula is C12H20O2. The van der Waals surface area contributed by atoms with Gasteiger partial charge in [0.1, 0.15) is 5.78 Å². The van der Waals surface area contributed by atoms with E-state index in [4.69, 9.17) is 0 Å². The van der Waals surface area contributed by atoms with Crippen molar-refractivity contribution in [3.63, 3.8) is 0 Å². The summed E-state index contributed by atoms with van der Waals surface area (Å²) in [6.45, 7) is 1.72. The molecule has 0 aromatic carbocycles. The molecule has 0 aliphatic heterocycles. The molecule has 0 bridgehead atoms. The van der Waals surface area contributed by atoms with Crippen LogP contribution in [-0.4, -0.2) is 17.0 Å². The van der Waals surface area contributed by atoms with E-state index in [2.05, 4.69) is 0 Å². The maximum atomic E-state index is 11.8. The minimum absolute atomic E-state index is 0.143. The van der Waals surface area contributed by atoms with Crippen molar-refractivity contribution >= 4 is 5.78 Å². The molecule has 2 heteroatoms. The average molecular weight is 196 g/mol. The number of carbonyl (C=O) groups excluding carboxylic acids is 1. The van der Waals surface area contributed by atoms with Gasteiger partial charge in [0, 0.05) is 5.41 Å². The van der Waals surface area contributed by atoms with E-state index < -0.39 is 0 Å². The summed E-state index contributed by atoms with van der Waals surface area (Å²) in [6.07, 6.45) is 7.17. The van der Waals surface area contributed by atoms with Gasteiger partial charge in [0.05, 0.1) is 6.10 Å². The monoisotopic (exact) mass is 196 g/mol. The van der Waals surface area contributed by atoms with E-state index in [9.17, 15) is 9.90 Å². The molecule has 2 nitrogen and oxygen atoms in total. The Balaban J connectivity index is 2.26. The number of ketones is 1. The van der Waals surface area contributed by atoms with E-state index in [1.165, 1.54) is 12.8 Å². The minimum atomic E-state index is -0.215. The maximum absolute atomic E-state index is 11.8. The first-order valence-corrected chi connectivity index (χ1v) is 5.86. The van der Waals surface area contributed by atoms with Crippen molar-refractivity contribution < 1.29 is 9.90 Å². The van der Waals surface area contributed by atoms with Crippen LogP contribution >= 0.6 is 0 Å². The van der Waals surface area contributed by atoms with Gasteiger partial charge in [-0.2, -0.15) is 0 Å². The number of aliphatic hydroxyl groups excluding tert-OH is 1. The van der Waals surface area contributed by atoms with Gasteiger partial charge < -0.3 is 5.11 Å². The molecule has 80 valence electrons. The fourth-order valence-electron chi connectivity index (χ4n) is 3.58. The summed E-state index contributed by atoms with van der Waals surface area (Å²) in [5.74, 6) is 0.587. The quantitative estimate of drug-likeness (QED) is 0.698. The van der Waals surface area contributed by atoms with Gasteiger partial charge in [-0.3, -0.25) is 4.79 Å². The van der Waals surface area contributed by atoms with Crippen LogP contribution in [0.4, 0.5) is 0 Å². The van der Waals surface area contributed by atoms with Gasteiger partial charge in [-0.25, -0.2) is 0 Å². The van der Waals surface area contributed by atoms with Crippen molar-refractivity contribution in [1.82, 2.24) is 0 Å². The number of aliphatic hydroxyl groups is 1. The van der Waals surface area contributed by atoms with E-state index in [1.54, 1.807) is 6.92 Å². The number of hydrogen-bond donors (Lipinski definition) is 1. The number of hydrogen-bond acceptors (Lipinski definition) is 2. The molecule has 2 fully saturated rings. The summed E-state index contributed by atoms with van der Waals surface area (Å²) in [5, 5.41) is 9.97. The summed E-state index contributed by atoms with van der Waals surface area (Å²) >= 11 is 0. The zero-order chi connectivity index (χ0) is 10.2. The summed E-state index contributed by atoms with van der Waals surface area (Å²) in [5.41, 5.74) is -0.143. The van der Waals surface area contributed by atoms with Crippen molar-refractivity contribution in [2.45, 2.75) is 58.0 Å². The largest absolute Gasteiger partial charge is 0.393 e. The van der Waals surface area contributed by atoms with Gasteiger partial charge in [-0.1, -0.05) is 12.8 Å². The van der Waals surface area contributed by atoms with Gasteiger partial charge in [-0.15, -0.1) is 0 Å². The summed E-state index contributed by atoms with van der Waals surface area (Å²) in [7, 11) is 0. The molecule has 1 N–H and O–H groups in total. The lowest BCUT2D eigenvalue weighted by atomic mass is 9.57. The van der Waals surface area contributed by atoms with Gasteiger partial charge in [0.2, 0.25) is 0 Å². The van der Waals surface area contributed by atoms with Crippen LogP contribution in [0.3, 0.4) is 0 Å². The summed E-state index contributed by atoms with van der Waals surface area (Å²) < 4.78 is 0. The van der Waals surface area contributed by atoms with E-state index in [1.807, 2.05) is 0 Å². The molecule has 0 aromatic heterocycles. The molecule has 0 aromatic rings. The van der Waals surface area contributed by atoms with Gasteiger partial charge >= 0.3 is 0 Å². The van der Waals surface area contributed by atoms with Gasteiger partial charge in [0.15, 0.2) is 0 Å². The van der Waals surface area contributed by atoms with Crippen LogP contribution in [0.2, 0.25) is 0 Å². The Morgan fingerprint density at radius 1 is 1.21 bits per heavy atom. The molecule has 0 spiro atoms. The molecule has 0 amide bonds. The summed E-state index contributed by atoms with van der Waals surface area (Å²) in [6, 6.07) is 0. The highest BCUT2D eigenvalue weighted by Crippen LogP contribution is 2.50. The molecule has 0 saturated heterocycles. The van der Waals surface area contributed by atoms with E-state index in [0.717, 1.165) is 32.1 Å². The predicted molar refractivity (Wildman–Crippen MR) is 54.9 cm³/mol. The third-order valence-electron chi connectivity index (χ3n) is 4.39. The second kappa shape index (κ2) is 3.65. The number of Topliss-reactive ketones (excluding diaryl/α,β-unsaturated/α-hetero) is 1. The molecule has 0 radical (unpaired) electrons. The van der Waals surface area contributed by atoms with Crippen LogP contribution in [0.5, 0.6) is 0 Å². The maximum Gasteiger partial charge on any atom is 0.136 e. The average Bonchev–Trinajstić information content (AvgIpc) is 2.18. The van der Waals surface area contributed by atoms with Crippen LogP contribution in [0.1, 0.15) is 51.9 Å². The SMILES string of the molecule is CC(=O)[C@@]12CCCC[C@H]1[C@@H](O)CCC2. The highest BCUT2D eigenvalue weighted by atomic mass is 16.3. The molecule has 2 aliphatic carbocycles. The van der Waals surface area contributed by atoms with Crippen LogP contribution in [0.15, 0.2) is 0 Å². The van der Waals surface area contributed by atoms with Gasteiger partial charge in [0.25, 0.3) is 0 Å².